The predicted octanol–water partition coefficient (Wildman–Crippen LogP) is 4.46. The van der Waals surface area contributed by atoms with Crippen molar-refractivity contribution in [3.05, 3.63) is 11.8 Å². The van der Waals surface area contributed by atoms with Gasteiger partial charge in [-0.3, -0.25) is 4.99 Å². The van der Waals surface area contributed by atoms with Gasteiger partial charge in [0.25, 0.3) is 0 Å². The second-order valence-corrected chi connectivity index (χ2v) is 4.02. The van der Waals surface area contributed by atoms with E-state index in [1.54, 1.807) is 0 Å². The molecule has 2 heteroatoms. The second-order valence-electron chi connectivity index (χ2n) is 4.02. The molecule has 15 heavy (non-hydrogen) atoms. The molecule has 2 nitrogen and oxygen atoms in total. The number of nitrogens with zero attached hydrogens (tertiary/aromatic N) is 1. The highest BCUT2D eigenvalue weighted by Crippen LogP contribution is 2.20. The monoisotopic (exact) mass is 210 g/mol. The Morgan fingerprint density at radius 1 is 1.27 bits per heavy atom. The third-order valence-corrected chi connectivity index (χ3v) is 1.69. The molecular weight excluding hydrogens is 184 g/mol. The summed E-state index contributed by atoms with van der Waals surface area (Å²) in [4.78, 5) is 4.24. The van der Waals surface area contributed by atoms with Gasteiger partial charge in [-0.15, -0.1) is 0 Å². The minimum Gasteiger partial charge on any atom is -0.303 e. The molecule has 88 valence electrons. The van der Waals surface area contributed by atoms with Gasteiger partial charge in [-0.05, 0) is 13.3 Å². The zero-order valence-corrected chi connectivity index (χ0v) is 11.3. The summed E-state index contributed by atoms with van der Waals surface area (Å²) in [6.07, 6.45) is 4.64. The molecule has 0 amide bonds. The summed E-state index contributed by atoms with van der Waals surface area (Å²) in [6, 6.07) is 0. The van der Waals surface area contributed by atoms with Crippen molar-refractivity contribution in [2.24, 2.45) is 10.4 Å². The summed E-state index contributed by atoms with van der Waals surface area (Å²) in [6.45, 7) is 14.0. The lowest BCUT2D eigenvalue weighted by molar-refractivity contribution is 0.586. The molecule has 0 unspecified atom stereocenters. The van der Waals surface area contributed by atoms with E-state index in [4.69, 9.17) is 5.41 Å². The van der Waals surface area contributed by atoms with Crippen molar-refractivity contribution in [1.82, 2.24) is 0 Å². The fraction of sp³-hybridized carbons (Fsp3) is 0.692. The summed E-state index contributed by atoms with van der Waals surface area (Å²) in [7, 11) is 0. The molecule has 0 aromatic rings. The smallest absolute Gasteiger partial charge is 0.0796 e. The first-order chi connectivity index (χ1) is 6.93. The Labute approximate surface area is 95.0 Å². The molecular formula is C13H26N2. The van der Waals surface area contributed by atoms with Crippen LogP contribution in [-0.2, 0) is 0 Å². The normalized spacial score (nSPS) is 12.3. The van der Waals surface area contributed by atoms with Gasteiger partial charge in [-0.25, -0.2) is 0 Å². The number of aliphatic imine (C=N–C) groups is 1. The van der Waals surface area contributed by atoms with E-state index in [-0.39, 0.29) is 5.41 Å². The number of allylic oxidation sites excluding steroid dienone is 2. The van der Waals surface area contributed by atoms with Crippen LogP contribution >= 0.6 is 0 Å². The molecule has 0 heterocycles. The largest absolute Gasteiger partial charge is 0.303 e. The van der Waals surface area contributed by atoms with Crippen molar-refractivity contribution in [2.75, 3.05) is 0 Å². The van der Waals surface area contributed by atoms with Crippen LogP contribution in [0.3, 0.4) is 0 Å². The quantitative estimate of drug-likeness (QED) is 0.668. The molecule has 0 aromatic carbocycles. The first kappa shape index (κ1) is 16.5. The van der Waals surface area contributed by atoms with Crippen LogP contribution in [0.15, 0.2) is 16.8 Å². The average Bonchev–Trinajstić information content (AvgIpc) is 2.20. The Kier molecular flexibility index (Phi) is 9.24. The SMILES string of the molecule is C/C=C(\N=CCC)C(=N)C(C)(C)C.CC. The van der Waals surface area contributed by atoms with E-state index in [1.165, 1.54) is 0 Å². The first-order valence-corrected chi connectivity index (χ1v) is 5.71. The average molecular weight is 210 g/mol. The van der Waals surface area contributed by atoms with Gasteiger partial charge in [-0.1, -0.05) is 47.6 Å². The first-order valence-electron chi connectivity index (χ1n) is 5.71. The van der Waals surface area contributed by atoms with Crippen LogP contribution < -0.4 is 0 Å². The molecule has 0 aliphatic carbocycles. The minimum absolute atomic E-state index is 0.118. The zero-order valence-electron chi connectivity index (χ0n) is 11.3. The van der Waals surface area contributed by atoms with E-state index in [0.29, 0.717) is 5.71 Å². The molecule has 0 fully saturated rings. The van der Waals surface area contributed by atoms with Gasteiger partial charge in [0.15, 0.2) is 0 Å². The maximum atomic E-state index is 7.89. The highest BCUT2D eigenvalue weighted by atomic mass is 14.8. The van der Waals surface area contributed by atoms with Crippen LogP contribution in [0.2, 0.25) is 0 Å². The Balaban J connectivity index is 0. The maximum absolute atomic E-state index is 7.89. The van der Waals surface area contributed by atoms with E-state index >= 15 is 0 Å². The van der Waals surface area contributed by atoms with Crippen LogP contribution in [0.1, 0.15) is 54.9 Å². The van der Waals surface area contributed by atoms with Gasteiger partial charge in [-0.2, -0.15) is 0 Å². The highest BCUT2D eigenvalue weighted by molar-refractivity contribution is 6.01. The van der Waals surface area contributed by atoms with Gasteiger partial charge in [0.2, 0.25) is 0 Å². The van der Waals surface area contributed by atoms with Crippen LogP contribution in [0, 0.1) is 10.8 Å². The highest BCUT2D eigenvalue weighted by Gasteiger charge is 2.19. The molecule has 0 aliphatic rings. The lowest BCUT2D eigenvalue weighted by Crippen LogP contribution is -2.20. The lowest BCUT2D eigenvalue weighted by atomic mass is 9.88. The van der Waals surface area contributed by atoms with Crippen molar-refractivity contribution in [2.45, 2.75) is 54.9 Å². The molecule has 0 radical (unpaired) electrons. The molecule has 0 saturated carbocycles. The molecule has 0 atom stereocenters. The Morgan fingerprint density at radius 2 is 1.73 bits per heavy atom. The standard InChI is InChI=1S/C11H20N2.C2H6/c1-6-8-13-9(7-2)10(12)11(3,4)5;1-2/h7-8,12H,6H2,1-5H3;1-2H3/b9-7-,12-10?,13-8?;. The van der Waals surface area contributed by atoms with Crippen LogP contribution in [0.4, 0.5) is 0 Å². The molecule has 0 spiro atoms. The van der Waals surface area contributed by atoms with Crippen LogP contribution in [0.5, 0.6) is 0 Å². The van der Waals surface area contributed by atoms with Crippen LogP contribution in [0.25, 0.3) is 0 Å². The Bertz CT molecular complexity index is 229. The van der Waals surface area contributed by atoms with Crippen LogP contribution in [-0.4, -0.2) is 11.9 Å². The zero-order chi connectivity index (χ0) is 12.5. The third kappa shape index (κ3) is 7.06. The molecule has 1 N–H and O–H groups in total. The summed E-state index contributed by atoms with van der Waals surface area (Å²) in [5.74, 6) is 0. The molecule has 0 aliphatic heterocycles. The summed E-state index contributed by atoms with van der Waals surface area (Å²) >= 11 is 0. The van der Waals surface area contributed by atoms with Gasteiger partial charge in [0, 0.05) is 11.6 Å². The number of rotatable bonds is 3. The summed E-state index contributed by atoms with van der Waals surface area (Å²) < 4.78 is 0. The minimum atomic E-state index is -0.118. The molecule has 0 bridgehead atoms. The lowest BCUT2D eigenvalue weighted by Gasteiger charge is -2.19. The molecule has 0 aromatic heterocycles. The van der Waals surface area contributed by atoms with Gasteiger partial charge in [0.1, 0.15) is 0 Å². The third-order valence-electron chi connectivity index (χ3n) is 1.69. The van der Waals surface area contributed by atoms with Crippen molar-refractivity contribution in [3.63, 3.8) is 0 Å². The number of hydrogen-bond donors (Lipinski definition) is 1. The topological polar surface area (TPSA) is 36.2 Å². The maximum Gasteiger partial charge on any atom is 0.0796 e. The summed E-state index contributed by atoms with van der Waals surface area (Å²) in [5, 5.41) is 7.89. The van der Waals surface area contributed by atoms with E-state index < -0.39 is 0 Å². The van der Waals surface area contributed by atoms with E-state index in [0.717, 1.165) is 12.1 Å². The van der Waals surface area contributed by atoms with E-state index in [2.05, 4.69) is 4.99 Å². The number of hydrogen-bond acceptors (Lipinski definition) is 2. The van der Waals surface area contributed by atoms with E-state index in [9.17, 15) is 0 Å². The predicted molar refractivity (Wildman–Crippen MR) is 71.1 cm³/mol. The fourth-order valence-electron chi connectivity index (χ4n) is 0.857. The van der Waals surface area contributed by atoms with Gasteiger partial charge in [0.05, 0.1) is 11.4 Å². The van der Waals surface area contributed by atoms with Crippen molar-refractivity contribution >= 4 is 11.9 Å². The van der Waals surface area contributed by atoms with Gasteiger partial charge >= 0.3 is 0 Å². The fourth-order valence-corrected chi connectivity index (χ4v) is 0.857. The van der Waals surface area contributed by atoms with E-state index in [1.807, 2.05) is 60.8 Å². The van der Waals surface area contributed by atoms with Crippen molar-refractivity contribution < 1.29 is 0 Å². The Morgan fingerprint density at radius 3 is 2.00 bits per heavy atom. The van der Waals surface area contributed by atoms with Gasteiger partial charge < -0.3 is 5.41 Å². The second kappa shape index (κ2) is 8.39. The Hall–Kier alpha value is -0.920. The van der Waals surface area contributed by atoms with Crippen molar-refractivity contribution in [3.8, 4) is 0 Å². The molecule has 0 saturated heterocycles. The molecule has 0 rings (SSSR count). The van der Waals surface area contributed by atoms with Crippen molar-refractivity contribution in [1.29, 1.82) is 5.41 Å². The summed E-state index contributed by atoms with van der Waals surface area (Å²) in [5.41, 5.74) is 1.27. The number of nitrogens with one attached hydrogen (secondary N) is 1.